The lowest BCUT2D eigenvalue weighted by Gasteiger charge is -2.41. The molecule has 8 unspecified atom stereocenters. The number of unbranched alkanes of at least 4 members (excludes halogenated alkanes) is 26. The third kappa shape index (κ3) is 27.5. The first-order valence-corrected chi connectivity index (χ1v) is 24.4. The maximum Gasteiger partial charge on any atom is 0.397 e. The average molecular weight is 840 g/mol. The standard InChI is InChI=1S/C43H85NO12S/c1-3-5-7-9-11-13-15-17-18-19-20-22-24-26-28-30-32-37(47)42(50)44-35(36(46)31-29-27-25-23-21-16-14-12-10-8-6-4-2)34-54-43-40(49)41(56-57(51,52)53)39(48)38(33-45)55-43/h35-41,43,45-49H,3-34H2,1-2H3,(H,44,50)(H,51,52,53). The zero-order chi connectivity index (χ0) is 42.2. The van der Waals surface area contributed by atoms with Gasteiger partial charge in [0.25, 0.3) is 0 Å². The molecule has 1 saturated heterocycles. The number of aliphatic hydroxyl groups is 5. The molecule has 0 spiro atoms. The van der Waals surface area contributed by atoms with E-state index in [0.29, 0.717) is 19.3 Å². The maximum atomic E-state index is 13.1. The van der Waals surface area contributed by atoms with Crippen LogP contribution < -0.4 is 5.32 Å². The number of nitrogens with one attached hydrogen (secondary N) is 1. The second-order valence-corrected chi connectivity index (χ2v) is 17.5. The molecule has 0 aromatic carbocycles. The normalized spacial score (nSPS) is 21.7. The SMILES string of the molecule is CCCCCCCCCCCCCCCCCCC(O)C(=O)NC(COC1OC(CO)C(O)C(OS(=O)(=O)O)C1O)C(O)CCCCCCCCCCCCCC. The highest BCUT2D eigenvalue weighted by atomic mass is 32.3. The molecule has 14 heteroatoms. The highest BCUT2D eigenvalue weighted by molar-refractivity contribution is 7.80. The lowest BCUT2D eigenvalue weighted by atomic mass is 9.99. The maximum absolute atomic E-state index is 13.1. The van der Waals surface area contributed by atoms with Crippen LogP contribution in [0.4, 0.5) is 0 Å². The Morgan fingerprint density at radius 3 is 1.40 bits per heavy atom. The van der Waals surface area contributed by atoms with Gasteiger partial charge >= 0.3 is 10.4 Å². The van der Waals surface area contributed by atoms with Crippen LogP contribution in [0.2, 0.25) is 0 Å². The summed E-state index contributed by atoms with van der Waals surface area (Å²) in [7, 11) is -5.10. The average Bonchev–Trinajstić information content (AvgIpc) is 3.18. The number of ether oxygens (including phenoxy) is 2. The van der Waals surface area contributed by atoms with Crippen LogP contribution in [0.5, 0.6) is 0 Å². The molecule has 1 heterocycles. The van der Waals surface area contributed by atoms with Crippen LogP contribution in [-0.2, 0) is 28.9 Å². The monoisotopic (exact) mass is 840 g/mol. The number of hydrogen-bond donors (Lipinski definition) is 7. The first-order chi connectivity index (χ1) is 27.4. The number of rotatable bonds is 39. The Kier molecular flexibility index (Phi) is 33.0. The van der Waals surface area contributed by atoms with E-state index < -0.39 is 78.5 Å². The molecule has 1 aliphatic heterocycles. The van der Waals surface area contributed by atoms with Gasteiger partial charge in [0.05, 0.1) is 25.4 Å². The second-order valence-electron chi connectivity index (χ2n) is 16.5. The number of carbonyl (C=O) groups excluding carboxylic acids is 1. The predicted molar refractivity (Wildman–Crippen MR) is 224 cm³/mol. The van der Waals surface area contributed by atoms with Crippen molar-refractivity contribution in [3.8, 4) is 0 Å². The van der Waals surface area contributed by atoms with Gasteiger partial charge in [0.2, 0.25) is 5.91 Å². The minimum absolute atomic E-state index is 0.266. The van der Waals surface area contributed by atoms with Crippen LogP contribution in [0.1, 0.15) is 206 Å². The summed E-state index contributed by atoms with van der Waals surface area (Å²) in [5, 5.41) is 55.3. The second kappa shape index (κ2) is 34.7. The number of hydrogen-bond acceptors (Lipinski definition) is 11. The van der Waals surface area contributed by atoms with E-state index in [1.807, 2.05) is 0 Å². The van der Waals surface area contributed by atoms with Gasteiger partial charge in [-0.2, -0.15) is 8.42 Å². The van der Waals surface area contributed by atoms with Crippen molar-refractivity contribution in [2.45, 2.75) is 255 Å². The number of amides is 1. The molecule has 0 saturated carbocycles. The first kappa shape index (κ1) is 54.1. The van der Waals surface area contributed by atoms with E-state index in [1.54, 1.807) is 0 Å². The summed E-state index contributed by atoms with van der Waals surface area (Å²) in [6.07, 6.45) is 22.9. The fourth-order valence-corrected chi connectivity index (χ4v) is 8.09. The molecule has 1 aliphatic rings. The van der Waals surface area contributed by atoms with Crippen molar-refractivity contribution in [1.29, 1.82) is 0 Å². The summed E-state index contributed by atoms with van der Waals surface area (Å²) in [4.78, 5) is 13.1. The molecule has 1 rings (SSSR count). The van der Waals surface area contributed by atoms with Crippen LogP contribution in [0.25, 0.3) is 0 Å². The van der Waals surface area contributed by atoms with Gasteiger partial charge in [-0.3, -0.25) is 9.35 Å². The summed E-state index contributed by atoms with van der Waals surface area (Å²) in [6, 6.07) is -1.03. The minimum atomic E-state index is -5.10. The molecule has 13 nitrogen and oxygen atoms in total. The van der Waals surface area contributed by atoms with Crippen molar-refractivity contribution in [2.24, 2.45) is 0 Å². The predicted octanol–water partition coefficient (Wildman–Crippen LogP) is 7.58. The smallest absolute Gasteiger partial charge is 0.394 e. The van der Waals surface area contributed by atoms with Crippen LogP contribution in [0.15, 0.2) is 0 Å². The van der Waals surface area contributed by atoms with Crippen LogP contribution in [-0.4, -0.2) is 107 Å². The van der Waals surface area contributed by atoms with E-state index >= 15 is 0 Å². The molecule has 8 atom stereocenters. The van der Waals surface area contributed by atoms with Crippen molar-refractivity contribution in [3.63, 3.8) is 0 Å². The zero-order valence-electron chi connectivity index (χ0n) is 35.8. The molecule has 57 heavy (non-hydrogen) atoms. The summed E-state index contributed by atoms with van der Waals surface area (Å²) in [5.41, 5.74) is 0. The Balaban J connectivity index is 2.54. The molecule has 7 N–H and O–H groups in total. The van der Waals surface area contributed by atoms with Crippen molar-refractivity contribution < 1.29 is 57.0 Å². The van der Waals surface area contributed by atoms with Gasteiger partial charge < -0.3 is 40.3 Å². The van der Waals surface area contributed by atoms with Crippen LogP contribution in [0.3, 0.4) is 0 Å². The van der Waals surface area contributed by atoms with E-state index in [9.17, 15) is 43.3 Å². The lowest BCUT2D eigenvalue weighted by molar-refractivity contribution is -0.298. The van der Waals surface area contributed by atoms with Crippen molar-refractivity contribution >= 4 is 16.3 Å². The Hall–Kier alpha value is -0.940. The zero-order valence-corrected chi connectivity index (χ0v) is 36.6. The number of carbonyl (C=O) groups is 1. The van der Waals surface area contributed by atoms with Gasteiger partial charge in [-0.1, -0.05) is 194 Å². The van der Waals surface area contributed by atoms with E-state index in [4.69, 9.17) is 9.47 Å². The van der Waals surface area contributed by atoms with Gasteiger partial charge in [0, 0.05) is 0 Å². The van der Waals surface area contributed by atoms with Crippen LogP contribution in [0, 0.1) is 0 Å². The van der Waals surface area contributed by atoms with Gasteiger partial charge in [-0.05, 0) is 12.8 Å². The van der Waals surface area contributed by atoms with E-state index in [1.165, 1.54) is 128 Å². The number of aliphatic hydroxyl groups excluding tert-OH is 5. The van der Waals surface area contributed by atoms with Crippen molar-refractivity contribution in [2.75, 3.05) is 13.2 Å². The Bertz CT molecular complexity index is 1050. The molecule has 1 fully saturated rings. The van der Waals surface area contributed by atoms with Crippen molar-refractivity contribution in [1.82, 2.24) is 5.32 Å². The molecule has 340 valence electrons. The summed E-state index contributed by atoms with van der Waals surface area (Å²) < 4.78 is 47.5. The first-order valence-electron chi connectivity index (χ1n) is 23.0. The molecule has 0 aliphatic carbocycles. The van der Waals surface area contributed by atoms with Crippen LogP contribution >= 0.6 is 0 Å². The molecule has 0 bridgehead atoms. The highest BCUT2D eigenvalue weighted by Gasteiger charge is 2.48. The Labute approximate surface area is 346 Å². The molecule has 0 aromatic heterocycles. The molecule has 1 amide bonds. The fourth-order valence-electron chi connectivity index (χ4n) is 7.58. The fraction of sp³-hybridized carbons (Fsp3) is 0.977. The van der Waals surface area contributed by atoms with Gasteiger partial charge in [-0.25, -0.2) is 4.18 Å². The van der Waals surface area contributed by atoms with Crippen molar-refractivity contribution in [3.05, 3.63) is 0 Å². The third-order valence-corrected chi connectivity index (χ3v) is 11.7. The third-order valence-electron chi connectivity index (χ3n) is 11.3. The lowest BCUT2D eigenvalue weighted by Crippen LogP contribution is -2.61. The van der Waals surface area contributed by atoms with Gasteiger partial charge in [0.15, 0.2) is 6.29 Å². The van der Waals surface area contributed by atoms with E-state index in [-0.39, 0.29) is 6.42 Å². The largest absolute Gasteiger partial charge is 0.397 e. The Morgan fingerprint density at radius 1 is 0.632 bits per heavy atom. The molecule has 0 radical (unpaired) electrons. The van der Waals surface area contributed by atoms with E-state index in [2.05, 4.69) is 23.3 Å². The molecular weight excluding hydrogens is 755 g/mol. The summed E-state index contributed by atoms with van der Waals surface area (Å²) in [6.45, 7) is 3.27. The summed E-state index contributed by atoms with van der Waals surface area (Å²) >= 11 is 0. The quantitative estimate of drug-likeness (QED) is 0.0236. The molecular formula is C43H85NO12S. The topological polar surface area (TPSA) is 212 Å². The van der Waals surface area contributed by atoms with Gasteiger partial charge in [0.1, 0.15) is 30.5 Å². The Morgan fingerprint density at radius 2 is 1.02 bits per heavy atom. The highest BCUT2D eigenvalue weighted by Crippen LogP contribution is 2.26. The molecule has 0 aromatic rings. The van der Waals surface area contributed by atoms with Gasteiger partial charge in [-0.15, -0.1) is 0 Å². The minimum Gasteiger partial charge on any atom is -0.394 e. The van der Waals surface area contributed by atoms with E-state index in [0.717, 1.165) is 38.5 Å². The summed E-state index contributed by atoms with van der Waals surface area (Å²) in [5.74, 6) is -0.667.